The summed E-state index contributed by atoms with van der Waals surface area (Å²) in [6, 6.07) is 4.62. The van der Waals surface area contributed by atoms with Gasteiger partial charge in [0.2, 0.25) is 9.70 Å². The maximum absolute atomic E-state index is 11.9. The molecular weight excluding hydrogens is 407 g/mol. The van der Waals surface area contributed by atoms with Gasteiger partial charge >= 0.3 is 12.1 Å². The maximum atomic E-state index is 11.9. The molecule has 0 heterocycles. The van der Waals surface area contributed by atoms with Gasteiger partial charge in [-0.15, -0.1) is 0 Å². The Balaban J connectivity index is 2.80. The molecule has 1 aromatic carbocycles. The van der Waals surface area contributed by atoms with Crippen molar-refractivity contribution in [1.82, 2.24) is 5.32 Å². The highest BCUT2D eigenvalue weighted by Gasteiger charge is 2.26. The molecule has 0 radical (unpaired) electrons. The van der Waals surface area contributed by atoms with Crippen molar-refractivity contribution in [2.45, 2.75) is 30.6 Å². The number of carboxylic acid groups (broad SMARTS) is 1. The SMILES string of the molecule is CC(C)(C)C(=O)Nc1ccc([C@@H](NC(=O)OCC(Cl)(Cl)Cl)C(=O)O)cc1. The monoisotopic (exact) mass is 424 g/mol. The lowest BCUT2D eigenvalue weighted by molar-refractivity contribution is -0.139. The predicted molar refractivity (Wildman–Crippen MR) is 99.7 cm³/mol. The van der Waals surface area contributed by atoms with Crippen LogP contribution >= 0.6 is 34.8 Å². The molecule has 0 aromatic heterocycles. The Bertz CT molecular complexity index is 666. The van der Waals surface area contributed by atoms with Gasteiger partial charge in [0, 0.05) is 11.1 Å². The summed E-state index contributed by atoms with van der Waals surface area (Å²) in [5.74, 6) is -1.49. The smallest absolute Gasteiger partial charge is 0.408 e. The normalized spacial score (nSPS) is 12.8. The van der Waals surface area contributed by atoms with E-state index < -0.39 is 33.9 Å². The van der Waals surface area contributed by atoms with Crippen molar-refractivity contribution in [3.63, 3.8) is 0 Å². The minimum Gasteiger partial charge on any atom is -0.479 e. The van der Waals surface area contributed by atoms with Gasteiger partial charge in [-0.05, 0) is 17.7 Å². The number of nitrogens with one attached hydrogen (secondary N) is 2. The molecule has 0 aliphatic rings. The third kappa shape index (κ3) is 7.68. The fourth-order valence-electron chi connectivity index (χ4n) is 1.67. The van der Waals surface area contributed by atoms with Crippen LogP contribution in [0.25, 0.3) is 0 Å². The average molecular weight is 426 g/mol. The highest BCUT2D eigenvalue weighted by atomic mass is 35.6. The van der Waals surface area contributed by atoms with Crippen LogP contribution in [0.3, 0.4) is 0 Å². The van der Waals surface area contributed by atoms with Crippen molar-refractivity contribution in [2.24, 2.45) is 5.41 Å². The Morgan fingerprint density at radius 2 is 1.65 bits per heavy atom. The van der Waals surface area contributed by atoms with Gasteiger partial charge in [0.15, 0.2) is 6.04 Å². The second-order valence-corrected chi connectivity index (χ2v) is 8.95. The molecule has 3 N–H and O–H groups in total. The van der Waals surface area contributed by atoms with Crippen LogP contribution in [0.4, 0.5) is 10.5 Å². The molecule has 0 unspecified atom stereocenters. The van der Waals surface area contributed by atoms with Crippen molar-refractivity contribution in [2.75, 3.05) is 11.9 Å². The van der Waals surface area contributed by atoms with E-state index in [2.05, 4.69) is 15.4 Å². The lowest BCUT2D eigenvalue weighted by Gasteiger charge is -2.19. The van der Waals surface area contributed by atoms with E-state index in [1.807, 2.05) is 0 Å². The van der Waals surface area contributed by atoms with Gasteiger partial charge in [-0.1, -0.05) is 67.7 Å². The Hall–Kier alpha value is -1.70. The zero-order valence-electron chi connectivity index (χ0n) is 14.3. The molecule has 1 atom stereocenters. The summed E-state index contributed by atoms with van der Waals surface area (Å²) in [6.45, 7) is 4.77. The van der Waals surface area contributed by atoms with Crippen LogP contribution in [-0.4, -0.2) is 33.5 Å². The van der Waals surface area contributed by atoms with Crippen molar-refractivity contribution >= 4 is 58.5 Å². The first-order valence-electron chi connectivity index (χ1n) is 7.44. The predicted octanol–water partition coefficient (Wildman–Crippen LogP) is 3.89. The van der Waals surface area contributed by atoms with Crippen molar-refractivity contribution in [3.8, 4) is 0 Å². The number of anilines is 1. The molecule has 1 aromatic rings. The molecular formula is C16H19Cl3N2O5. The minimum absolute atomic E-state index is 0.187. The number of rotatable bonds is 5. The van der Waals surface area contributed by atoms with E-state index in [9.17, 15) is 19.5 Å². The summed E-state index contributed by atoms with van der Waals surface area (Å²) >= 11 is 16.4. The lowest BCUT2D eigenvalue weighted by Crippen LogP contribution is -2.35. The first-order valence-corrected chi connectivity index (χ1v) is 8.57. The number of aliphatic carboxylic acids is 1. The number of benzene rings is 1. The number of carbonyl (C=O) groups is 3. The lowest BCUT2D eigenvalue weighted by atomic mass is 9.95. The van der Waals surface area contributed by atoms with Crippen LogP contribution in [0.1, 0.15) is 32.4 Å². The zero-order chi connectivity index (χ0) is 20.1. The molecule has 0 fully saturated rings. The van der Waals surface area contributed by atoms with E-state index in [0.717, 1.165) is 0 Å². The summed E-state index contributed by atoms with van der Waals surface area (Å²) in [7, 11) is 0. The number of ether oxygens (including phenoxy) is 1. The number of amides is 2. The van der Waals surface area contributed by atoms with Gasteiger partial charge in [-0.2, -0.15) is 0 Å². The third-order valence-electron chi connectivity index (χ3n) is 3.06. The van der Waals surface area contributed by atoms with Crippen LogP contribution in [0.5, 0.6) is 0 Å². The molecule has 0 bridgehead atoms. The van der Waals surface area contributed by atoms with Gasteiger partial charge < -0.3 is 20.5 Å². The minimum atomic E-state index is -1.80. The van der Waals surface area contributed by atoms with Crippen LogP contribution in [0.15, 0.2) is 24.3 Å². The fourth-order valence-corrected chi connectivity index (χ4v) is 1.84. The van der Waals surface area contributed by atoms with Crippen LogP contribution in [0.2, 0.25) is 0 Å². The Morgan fingerprint density at radius 1 is 1.12 bits per heavy atom. The summed E-state index contributed by atoms with van der Waals surface area (Å²) in [4.78, 5) is 35.0. The van der Waals surface area contributed by atoms with Gasteiger partial charge in [-0.25, -0.2) is 9.59 Å². The van der Waals surface area contributed by atoms with Gasteiger partial charge in [0.1, 0.15) is 6.61 Å². The molecule has 144 valence electrons. The summed E-state index contributed by atoms with van der Waals surface area (Å²) in [6.07, 6.45) is -1.05. The standard InChI is InChI=1S/C16H19Cl3N2O5/c1-15(2,3)13(24)20-10-6-4-9(5-7-10)11(12(22)23)21-14(25)26-8-16(17,18)19/h4-7,11H,8H2,1-3H3,(H,20,24)(H,21,25)(H,22,23)/t11-/m1/s1. The Kier molecular flexibility index (Phi) is 7.56. The van der Waals surface area contributed by atoms with Gasteiger partial charge in [0.05, 0.1) is 0 Å². The van der Waals surface area contributed by atoms with E-state index in [0.29, 0.717) is 5.69 Å². The quantitative estimate of drug-likeness (QED) is 0.621. The van der Waals surface area contributed by atoms with Crippen molar-refractivity contribution < 1.29 is 24.2 Å². The number of alkyl halides is 3. The molecule has 0 aliphatic carbocycles. The third-order valence-corrected chi connectivity index (χ3v) is 3.39. The van der Waals surface area contributed by atoms with Crippen LogP contribution in [0, 0.1) is 5.41 Å². The van der Waals surface area contributed by atoms with E-state index in [1.165, 1.54) is 24.3 Å². The number of carboxylic acids is 1. The average Bonchev–Trinajstić information content (AvgIpc) is 2.49. The van der Waals surface area contributed by atoms with E-state index in [1.54, 1.807) is 20.8 Å². The molecule has 0 saturated heterocycles. The number of halogens is 3. The number of hydrogen-bond acceptors (Lipinski definition) is 4. The molecule has 26 heavy (non-hydrogen) atoms. The number of alkyl carbamates (subject to hydrolysis) is 1. The van der Waals surface area contributed by atoms with Gasteiger partial charge in [0.25, 0.3) is 0 Å². The molecule has 7 nitrogen and oxygen atoms in total. The molecule has 2 amide bonds. The summed E-state index contributed by atoms with van der Waals surface area (Å²) in [5.41, 5.74) is 0.199. The second-order valence-electron chi connectivity index (χ2n) is 6.43. The van der Waals surface area contributed by atoms with E-state index in [-0.39, 0.29) is 11.5 Å². The van der Waals surface area contributed by atoms with Gasteiger partial charge in [-0.3, -0.25) is 4.79 Å². The Morgan fingerprint density at radius 3 is 2.08 bits per heavy atom. The first-order chi connectivity index (χ1) is 11.8. The van der Waals surface area contributed by atoms with Crippen LogP contribution in [-0.2, 0) is 14.3 Å². The largest absolute Gasteiger partial charge is 0.479 e. The highest BCUT2D eigenvalue weighted by molar-refractivity contribution is 6.67. The fraction of sp³-hybridized carbons (Fsp3) is 0.438. The first kappa shape index (κ1) is 22.3. The van der Waals surface area contributed by atoms with E-state index >= 15 is 0 Å². The molecule has 1 rings (SSSR count). The topological polar surface area (TPSA) is 105 Å². The maximum Gasteiger partial charge on any atom is 0.408 e. The molecule has 0 aliphatic heterocycles. The van der Waals surface area contributed by atoms with E-state index in [4.69, 9.17) is 34.8 Å². The Labute approximate surface area is 165 Å². The van der Waals surface area contributed by atoms with Crippen LogP contribution < -0.4 is 10.6 Å². The highest BCUT2D eigenvalue weighted by Crippen LogP contribution is 2.26. The zero-order valence-corrected chi connectivity index (χ0v) is 16.6. The molecule has 10 heteroatoms. The summed E-state index contributed by atoms with van der Waals surface area (Å²) < 4.78 is 2.85. The summed E-state index contributed by atoms with van der Waals surface area (Å²) in [5, 5.41) is 14.2. The molecule has 0 spiro atoms. The number of carbonyl (C=O) groups excluding carboxylic acids is 2. The second kappa shape index (κ2) is 8.79. The number of hydrogen-bond donors (Lipinski definition) is 3. The van der Waals surface area contributed by atoms with Crippen molar-refractivity contribution in [1.29, 1.82) is 0 Å². The molecule has 0 saturated carbocycles. The van der Waals surface area contributed by atoms with Crippen molar-refractivity contribution in [3.05, 3.63) is 29.8 Å².